The van der Waals surface area contributed by atoms with Crippen molar-refractivity contribution in [1.82, 2.24) is 14.9 Å². The Balaban J connectivity index is 1.65. The molecule has 1 atom stereocenters. The first-order valence-corrected chi connectivity index (χ1v) is 11.9. The SMILES string of the molecule is C=CCn1c(SC(C)C(=O)NC2CCCC2)nc2cc(-c3ccccc3)sc2c1=O. The van der Waals surface area contributed by atoms with Crippen LogP contribution in [0.1, 0.15) is 32.6 Å². The maximum atomic E-state index is 13.2. The maximum absolute atomic E-state index is 13.2. The van der Waals surface area contributed by atoms with Crippen molar-refractivity contribution < 1.29 is 4.79 Å². The third kappa shape index (κ3) is 4.37. The fourth-order valence-electron chi connectivity index (χ4n) is 3.72. The predicted octanol–water partition coefficient (Wildman–Crippen LogP) is 4.85. The summed E-state index contributed by atoms with van der Waals surface area (Å²) >= 11 is 2.79. The van der Waals surface area contributed by atoms with Crippen LogP contribution in [0.25, 0.3) is 20.7 Å². The molecule has 1 aliphatic rings. The summed E-state index contributed by atoms with van der Waals surface area (Å²) in [5, 5.41) is 3.35. The van der Waals surface area contributed by atoms with Gasteiger partial charge in [-0.05, 0) is 31.4 Å². The Morgan fingerprint density at radius 3 is 2.80 bits per heavy atom. The van der Waals surface area contributed by atoms with E-state index < -0.39 is 0 Å². The molecule has 1 saturated carbocycles. The van der Waals surface area contributed by atoms with Crippen molar-refractivity contribution in [2.45, 2.75) is 55.6 Å². The van der Waals surface area contributed by atoms with Crippen molar-refractivity contribution in [2.75, 3.05) is 0 Å². The first-order chi connectivity index (χ1) is 14.6. The zero-order valence-electron chi connectivity index (χ0n) is 17.0. The molecule has 0 aliphatic heterocycles. The molecular formula is C23H25N3O2S2. The van der Waals surface area contributed by atoms with E-state index >= 15 is 0 Å². The number of benzene rings is 1. The van der Waals surface area contributed by atoms with E-state index in [1.54, 1.807) is 10.6 Å². The first kappa shape index (κ1) is 20.9. The highest BCUT2D eigenvalue weighted by molar-refractivity contribution is 8.00. The fraction of sp³-hybridized carbons (Fsp3) is 0.348. The van der Waals surface area contributed by atoms with Crippen LogP contribution in [-0.2, 0) is 11.3 Å². The van der Waals surface area contributed by atoms with Gasteiger partial charge in [0.25, 0.3) is 5.56 Å². The molecule has 2 aromatic heterocycles. The van der Waals surface area contributed by atoms with E-state index in [1.807, 2.05) is 43.3 Å². The van der Waals surface area contributed by atoms with E-state index in [1.165, 1.54) is 35.9 Å². The Morgan fingerprint density at radius 1 is 1.37 bits per heavy atom. The first-order valence-electron chi connectivity index (χ1n) is 10.2. The van der Waals surface area contributed by atoms with Crippen molar-refractivity contribution in [1.29, 1.82) is 0 Å². The highest BCUT2D eigenvalue weighted by Crippen LogP contribution is 2.32. The normalized spacial score (nSPS) is 15.4. The third-order valence-electron chi connectivity index (χ3n) is 5.32. The van der Waals surface area contributed by atoms with Crippen LogP contribution < -0.4 is 10.9 Å². The van der Waals surface area contributed by atoms with Crippen LogP contribution >= 0.6 is 23.1 Å². The van der Waals surface area contributed by atoms with Crippen LogP contribution in [0.3, 0.4) is 0 Å². The summed E-state index contributed by atoms with van der Waals surface area (Å²) in [5.41, 5.74) is 1.65. The van der Waals surface area contributed by atoms with E-state index in [2.05, 4.69) is 11.9 Å². The molecule has 1 N–H and O–H groups in total. The van der Waals surface area contributed by atoms with Crippen LogP contribution in [0.5, 0.6) is 0 Å². The molecule has 4 rings (SSSR count). The average molecular weight is 440 g/mol. The van der Waals surface area contributed by atoms with Crippen LogP contribution in [0.15, 0.2) is 59.0 Å². The van der Waals surface area contributed by atoms with Crippen LogP contribution in [0.4, 0.5) is 0 Å². The summed E-state index contributed by atoms with van der Waals surface area (Å²) < 4.78 is 2.24. The third-order valence-corrected chi connectivity index (χ3v) is 7.57. The lowest BCUT2D eigenvalue weighted by Gasteiger charge is -2.17. The quantitative estimate of drug-likeness (QED) is 0.325. The largest absolute Gasteiger partial charge is 0.352 e. The minimum atomic E-state index is -0.335. The Morgan fingerprint density at radius 2 is 2.10 bits per heavy atom. The summed E-state index contributed by atoms with van der Waals surface area (Å²) in [6.07, 6.45) is 6.13. The summed E-state index contributed by atoms with van der Waals surface area (Å²) in [7, 11) is 0. The van der Waals surface area contributed by atoms with Gasteiger partial charge in [0.2, 0.25) is 5.91 Å². The molecule has 0 saturated heterocycles. The molecule has 0 bridgehead atoms. The minimum absolute atomic E-state index is 0.00157. The number of hydrogen-bond donors (Lipinski definition) is 1. The molecule has 7 heteroatoms. The number of amides is 1. The van der Waals surface area contributed by atoms with E-state index in [0.29, 0.717) is 21.9 Å². The molecule has 5 nitrogen and oxygen atoms in total. The molecule has 156 valence electrons. The number of carbonyl (C=O) groups is 1. The number of fused-ring (bicyclic) bond motifs is 1. The number of hydrogen-bond acceptors (Lipinski definition) is 5. The van der Waals surface area contributed by atoms with Gasteiger partial charge in [-0.3, -0.25) is 14.2 Å². The predicted molar refractivity (Wildman–Crippen MR) is 125 cm³/mol. The Labute approximate surface area is 184 Å². The Bertz CT molecular complexity index is 1110. The second kappa shape index (κ2) is 9.18. The molecule has 2 heterocycles. The van der Waals surface area contributed by atoms with Gasteiger partial charge < -0.3 is 5.32 Å². The van der Waals surface area contributed by atoms with Gasteiger partial charge in [-0.2, -0.15) is 0 Å². The summed E-state index contributed by atoms with van der Waals surface area (Å²) in [6, 6.07) is 12.2. The molecule has 1 amide bonds. The lowest BCUT2D eigenvalue weighted by Crippen LogP contribution is -2.38. The number of nitrogens with one attached hydrogen (secondary N) is 1. The molecule has 0 radical (unpaired) electrons. The number of thioether (sulfide) groups is 1. The monoisotopic (exact) mass is 439 g/mol. The lowest BCUT2D eigenvalue weighted by atomic mass is 10.2. The van der Waals surface area contributed by atoms with E-state index in [0.717, 1.165) is 23.3 Å². The maximum Gasteiger partial charge on any atom is 0.272 e. The average Bonchev–Trinajstić information content (AvgIpc) is 3.41. The molecule has 3 aromatic rings. The topological polar surface area (TPSA) is 64.0 Å². The van der Waals surface area contributed by atoms with Crippen molar-refractivity contribution in [3.63, 3.8) is 0 Å². The minimum Gasteiger partial charge on any atom is -0.352 e. The van der Waals surface area contributed by atoms with E-state index in [9.17, 15) is 9.59 Å². The number of allylic oxidation sites excluding steroid dienone is 1. The molecule has 1 fully saturated rings. The second-order valence-corrected chi connectivity index (χ2v) is 9.90. The highest BCUT2D eigenvalue weighted by atomic mass is 32.2. The van der Waals surface area contributed by atoms with Crippen molar-refractivity contribution in [2.24, 2.45) is 0 Å². The number of carbonyl (C=O) groups excluding carboxylic acids is 1. The van der Waals surface area contributed by atoms with Crippen LogP contribution in [-0.4, -0.2) is 26.8 Å². The molecule has 0 spiro atoms. The Hall–Kier alpha value is -2.38. The van der Waals surface area contributed by atoms with Crippen molar-refractivity contribution in [3.05, 3.63) is 59.4 Å². The highest BCUT2D eigenvalue weighted by Gasteiger charge is 2.23. The summed E-state index contributed by atoms with van der Waals surface area (Å²) in [5.74, 6) is 0.00157. The van der Waals surface area contributed by atoms with Gasteiger partial charge in [0.1, 0.15) is 4.70 Å². The number of thiophene rings is 1. The van der Waals surface area contributed by atoms with Gasteiger partial charge in [0.05, 0.1) is 10.8 Å². The fourth-order valence-corrected chi connectivity index (χ4v) is 5.69. The zero-order valence-corrected chi connectivity index (χ0v) is 18.6. The number of aromatic nitrogens is 2. The lowest BCUT2D eigenvalue weighted by molar-refractivity contribution is -0.120. The van der Waals surface area contributed by atoms with Gasteiger partial charge >= 0.3 is 0 Å². The van der Waals surface area contributed by atoms with Crippen LogP contribution in [0, 0.1) is 0 Å². The standard InChI is InChI=1S/C23H25N3O2S2/c1-3-13-26-22(28)20-18(14-19(30-20)16-9-5-4-6-10-16)25-23(26)29-15(2)21(27)24-17-11-7-8-12-17/h3-6,9-10,14-15,17H,1,7-8,11-13H2,2H3,(H,24,27). The van der Waals surface area contributed by atoms with Crippen LogP contribution in [0.2, 0.25) is 0 Å². The van der Waals surface area contributed by atoms with Gasteiger partial charge in [-0.25, -0.2) is 4.98 Å². The van der Waals surface area contributed by atoms with Gasteiger partial charge in [0, 0.05) is 17.5 Å². The van der Waals surface area contributed by atoms with Gasteiger partial charge in [-0.1, -0.05) is 61.0 Å². The van der Waals surface area contributed by atoms with Gasteiger partial charge in [0.15, 0.2) is 5.16 Å². The summed E-state index contributed by atoms with van der Waals surface area (Å²) in [6.45, 7) is 6.01. The number of nitrogens with zero attached hydrogens (tertiary/aromatic N) is 2. The van der Waals surface area contributed by atoms with E-state index in [4.69, 9.17) is 4.98 Å². The molecule has 30 heavy (non-hydrogen) atoms. The van der Waals surface area contributed by atoms with Crippen molar-refractivity contribution in [3.8, 4) is 10.4 Å². The van der Waals surface area contributed by atoms with E-state index in [-0.39, 0.29) is 22.8 Å². The Kier molecular flexibility index (Phi) is 6.39. The smallest absolute Gasteiger partial charge is 0.272 e. The molecule has 1 aliphatic carbocycles. The summed E-state index contributed by atoms with van der Waals surface area (Å²) in [4.78, 5) is 31.6. The molecular weight excluding hydrogens is 414 g/mol. The second-order valence-electron chi connectivity index (χ2n) is 7.54. The molecule has 1 aromatic carbocycles. The zero-order chi connectivity index (χ0) is 21.1. The van der Waals surface area contributed by atoms with Gasteiger partial charge in [-0.15, -0.1) is 17.9 Å². The van der Waals surface area contributed by atoms with Crippen molar-refractivity contribution >= 4 is 39.2 Å². The molecule has 1 unspecified atom stereocenters. The number of rotatable bonds is 7.